The molecule has 19 heavy (non-hydrogen) atoms. The van der Waals surface area contributed by atoms with Crippen molar-refractivity contribution in [1.82, 2.24) is 15.0 Å². The minimum Gasteiger partial charge on any atom is -0.343 e. The molecule has 0 radical (unpaired) electrons. The fourth-order valence-corrected chi connectivity index (χ4v) is 1.53. The maximum Gasteiger partial charge on any atom is 0.305 e. The maximum atomic E-state index is 10.5. The Bertz CT molecular complexity index is 544. The van der Waals surface area contributed by atoms with E-state index in [1.807, 2.05) is 30.1 Å². The highest BCUT2D eigenvalue weighted by atomic mass is 16.6. The number of likely N-dealkylation sites (N-methyl/N-ethyl adjacent to an activating group) is 1. The number of aromatic nitrogens is 3. The van der Waals surface area contributed by atoms with Crippen molar-refractivity contribution in [2.45, 2.75) is 6.42 Å². The molecule has 2 aromatic heterocycles. The summed E-state index contributed by atoms with van der Waals surface area (Å²) in [6.07, 6.45) is 4.93. The van der Waals surface area contributed by atoms with Crippen LogP contribution in [0.25, 0.3) is 0 Å². The second-order valence-corrected chi connectivity index (χ2v) is 3.99. The molecule has 0 aliphatic rings. The Morgan fingerprint density at radius 1 is 1.26 bits per heavy atom. The Labute approximate surface area is 110 Å². The zero-order valence-electron chi connectivity index (χ0n) is 10.4. The average molecular weight is 259 g/mol. The van der Waals surface area contributed by atoms with Crippen molar-refractivity contribution < 1.29 is 4.92 Å². The van der Waals surface area contributed by atoms with Gasteiger partial charge in [-0.3, -0.25) is 15.1 Å². The van der Waals surface area contributed by atoms with Crippen molar-refractivity contribution in [3.63, 3.8) is 0 Å². The van der Waals surface area contributed by atoms with Gasteiger partial charge in [-0.05, 0) is 12.1 Å². The van der Waals surface area contributed by atoms with Gasteiger partial charge in [0.15, 0.2) is 0 Å². The van der Waals surface area contributed by atoms with E-state index in [1.54, 1.807) is 6.20 Å². The molecule has 2 aromatic rings. The van der Waals surface area contributed by atoms with E-state index >= 15 is 0 Å². The molecule has 0 N–H and O–H groups in total. The van der Waals surface area contributed by atoms with Gasteiger partial charge >= 0.3 is 5.69 Å². The zero-order valence-corrected chi connectivity index (χ0v) is 10.4. The lowest BCUT2D eigenvalue weighted by molar-refractivity contribution is -0.385. The van der Waals surface area contributed by atoms with Gasteiger partial charge in [-0.1, -0.05) is 6.07 Å². The summed E-state index contributed by atoms with van der Waals surface area (Å²) < 4.78 is 0. The number of nitro groups is 1. The van der Waals surface area contributed by atoms with Crippen LogP contribution in [0.1, 0.15) is 5.69 Å². The van der Waals surface area contributed by atoms with E-state index < -0.39 is 4.92 Å². The van der Waals surface area contributed by atoms with Crippen molar-refractivity contribution >= 4 is 11.6 Å². The van der Waals surface area contributed by atoms with Crippen LogP contribution in [0, 0.1) is 10.1 Å². The second kappa shape index (κ2) is 5.85. The van der Waals surface area contributed by atoms with E-state index in [1.165, 1.54) is 12.4 Å². The van der Waals surface area contributed by atoms with Crippen LogP contribution in [0.3, 0.4) is 0 Å². The van der Waals surface area contributed by atoms with Crippen LogP contribution in [-0.4, -0.2) is 33.5 Å². The Balaban J connectivity index is 1.96. The molecule has 0 atom stereocenters. The molecule has 0 aliphatic heterocycles. The van der Waals surface area contributed by atoms with Crippen LogP contribution in [0.2, 0.25) is 0 Å². The Hall–Kier alpha value is -2.57. The van der Waals surface area contributed by atoms with E-state index in [4.69, 9.17) is 0 Å². The molecular formula is C12H13N5O2. The number of nitrogens with zero attached hydrogens (tertiary/aromatic N) is 5. The van der Waals surface area contributed by atoms with Gasteiger partial charge in [0.05, 0.1) is 4.92 Å². The number of pyridine rings is 1. The quantitative estimate of drug-likeness (QED) is 0.597. The molecule has 0 amide bonds. The number of rotatable bonds is 5. The lowest BCUT2D eigenvalue weighted by Crippen LogP contribution is -2.22. The summed E-state index contributed by atoms with van der Waals surface area (Å²) >= 11 is 0. The third-order valence-electron chi connectivity index (χ3n) is 2.61. The molecule has 2 heterocycles. The topological polar surface area (TPSA) is 85.0 Å². The largest absolute Gasteiger partial charge is 0.343 e. The minimum atomic E-state index is -0.516. The van der Waals surface area contributed by atoms with E-state index in [0.29, 0.717) is 12.5 Å². The molecule has 7 heteroatoms. The molecule has 0 saturated carbocycles. The fraction of sp³-hybridized carbons (Fsp3) is 0.250. The molecular weight excluding hydrogens is 246 g/mol. The SMILES string of the molecule is CN(CCc1ccccn1)c1ncc([N+](=O)[O-])cn1. The summed E-state index contributed by atoms with van der Waals surface area (Å²) in [5.41, 5.74) is 0.873. The van der Waals surface area contributed by atoms with E-state index in [-0.39, 0.29) is 5.69 Å². The average Bonchev–Trinajstić information content (AvgIpc) is 2.46. The van der Waals surface area contributed by atoms with E-state index in [0.717, 1.165) is 12.1 Å². The normalized spacial score (nSPS) is 10.2. The van der Waals surface area contributed by atoms with Crippen LogP contribution >= 0.6 is 0 Å². The maximum absolute atomic E-state index is 10.5. The van der Waals surface area contributed by atoms with Gasteiger partial charge in [-0.2, -0.15) is 0 Å². The molecule has 0 saturated heterocycles. The molecule has 0 bridgehead atoms. The van der Waals surface area contributed by atoms with E-state index in [9.17, 15) is 10.1 Å². The smallest absolute Gasteiger partial charge is 0.305 e. The van der Waals surface area contributed by atoms with Gasteiger partial charge in [0, 0.05) is 31.9 Å². The van der Waals surface area contributed by atoms with Gasteiger partial charge in [0.25, 0.3) is 0 Å². The van der Waals surface area contributed by atoms with Crippen molar-refractivity contribution in [3.05, 3.63) is 52.6 Å². The Kier molecular flexibility index (Phi) is 3.97. The lowest BCUT2D eigenvalue weighted by atomic mass is 10.2. The highest BCUT2D eigenvalue weighted by molar-refractivity contribution is 5.33. The lowest BCUT2D eigenvalue weighted by Gasteiger charge is -2.15. The van der Waals surface area contributed by atoms with Gasteiger partial charge < -0.3 is 4.90 Å². The first-order valence-electron chi connectivity index (χ1n) is 5.74. The molecule has 0 spiro atoms. The molecule has 0 fully saturated rings. The summed E-state index contributed by atoms with van der Waals surface area (Å²) in [6, 6.07) is 5.75. The zero-order chi connectivity index (χ0) is 13.7. The van der Waals surface area contributed by atoms with E-state index in [2.05, 4.69) is 15.0 Å². The summed E-state index contributed by atoms with van der Waals surface area (Å²) in [7, 11) is 1.84. The molecule has 98 valence electrons. The number of hydrogen-bond donors (Lipinski definition) is 0. The fourth-order valence-electron chi connectivity index (χ4n) is 1.53. The van der Waals surface area contributed by atoms with Gasteiger partial charge in [-0.25, -0.2) is 9.97 Å². The standard InChI is InChI=1S/C12H13N5O2/c1-16(7-5-10-4-2-3-6-13-10)12-14-8-11(9-15-12)17(18)19/h2-4,6,8-9H,5,7H2,1H3. The third kappa shape index (κ3) is 3.44. The van der Waals surface area contributed by atoms with Crippen molar-refractivity contribution in [2.75, 3.05) is 18.5 Å². The highest BCUT2D eigenvalue weighted by Crippen LogP contribution is 2.11. The van der Waals surface area contributed by atoms with Crippen LogP contribution in [0.15, 0.2) is 36.8 Å². The van der Waals surface area contributed by atoms with Gasteiger partial charge in [0.2, 0.25) is 5.95 Å². The molecule has 0 aliphatic carbocycles. The Morgan fingerprint density at radius 3 is 2.58 bits per heavy atom. The predicted octanol–water partition coefficient (Wildman–Crippen LogP) is 1.46. The second-order valence-electron chi connectivity index (χ2n) is 3.99. The van der Waals surface area contributed by atoms with Crippen molar-refractivity contribution in [3.8, 4) is 0 Å². The number of anilines is 1. The van der Waals surface area contributed by atoms with Crippen molar-refractivity contribution in [2.24, 2.45) is 0 Å². The first-order valence-corrected chi connectivity index (χ1v) is 5.74. The van der Waals surface area contributed by atoms with Crippen LogP contribution < -0.4 is 4.90 Å². The summed E-state index contributed by atoms with van der Waals surface area (Å²) in [5.74, 6) is 0.460. The van der Waals surface area contributed by atoms with Crippen LogP contribution in [0.4, 0.5) is 11.6 Å². The van der Waals surface area contributed by atoms with Gasteiger partial charge in [-0.15, -0.1) is 0 Å². The summed E-state index contributed by atoms with van der Waals surface area (Å²) in [6.45, 7) is 0.689. The molecule has 2 rings (SSSR count). The monoisotopic (exact) mass is 259 g/mol. The summed E-state index contributed by atoms with van der Waals surface area (Å²) in [4.78, 5) is 24.0. The molecule has 0 aromatic carbocycles. The van der Waals surface area contributed by atoms with Crippen molar-refractivity contribution in [1.29, 1.82) is 0 Å². The molecule has 7 nitrogen and oxygen atoms in total. The Morgan fingerprint density at radius 2 is 2.00 bits per heavy atom. The minimum absolute atomic E-state index is 0.109. The first kappa shape index (κ1) is 12.9. The highest BCUT2D eigenvalue weighted by Gasteiger charge is 2.09. The third-order valence-corrected chi connectivity index (χ3v) is 2.61. The van der Waals surface area contributed by atoms with Crippen LogP contribution in [-0.2, 0) is 6.42 Å². The first-order chi connectivity index (χ1) is 9.16. The predicted molar refractivity (Wildman–Crippen MR) is 69.9 cm³/mol. The van der Waals surface area contributed by atoms with Crippen LogP contribution in [0.5, 0.6) is 0 Å². The molecule has 0 unspecified atom stereocenters. The van der Waals surface area contributed by atoms with Gasteiger partial charge in [0.1, 0.15) is 12.4 Å². The number of hydrogen-bond acceptors (Lipinski definition) is 6. The summed E-state index contributed by atoms with van der Waals surface area (Å²) in [5, 5.41) is 10.5.